The summed E-state index contributed by atoms with van der Waals surface area (Å²) in [6.45, 7) is 3.66. The molecule has 1 unspecified atom stereocenters. The number of H-pyrrole nitrogens is 1. The van der Waals surface area contributed by atoms with Crippen LogP contribution in [0.1, 0.15) is 65.2 Å². The standard InChI is InChI=1S/C30H30BrClN6O3/c1-2-3-6-15-33-27(26-23-14-11-21(32)16-25(23)34-28(26)30(39)40)29-35-36-37-38(29)17-19-9-12-22(13-10-19)41-18-20-7-4-5-8-24(20)31/h4-5,7-14,16,27,33-34H,2-3,6,15,17-18H2,1H3,(H,39,40). The largest absolute Gasteiger partial charge is 0.489 e. The number of fused-ring (bicyclic) bond motifs is 1. The molecule has 212 valence electrons. The molecule has 0 saturated carbocycles. The molecule has 5 rings (SSSR count). The van der Waals surface area contributed by atoms with E-state index in [4.69, 9.17) is 16.3 Å². The van der Waals surface area contributed by atoms with Crippen LogP contribution in [0.5, 0.6) is 5.75 Å². The monoisotopic (exact) mass is 636 g/mol. The fourth-order valence-electron chi connectivity index (χ4n) is 4.78. The third kappa shape index (κ3) is 6.78. The predicted molar refractivity (Wildman–Crippen MR) is 161 cm³/mol. The quantitative estimate of drug-likeness (QED) is 0.122. The second kappa shape index (κ2) is 13.3. The van der Waals surface area contributed by atoms with E-state index in [0.717, 1.165) is 46.0 Å². The smallest absolute Gasteiger partial charge is 0.352 e. The van der Waals surface area contributed by atoms with Gasteiger partial charge in [-0.2, -0.15) is 0 Å². The third-order valence-corrected chi connectivity index (χ3v) is 7.87. The molecule has 11 heteroatoms. The molecule has 1 atom stereocenters. The lowest BCUT2D eigenvalue weighted by atomic mass is 10.0. The number of hydrogen-bond donors (Lipinski definition) is 3. The molecule has 3 N–H and O–H groups in total. The van der Waals surface area contributed by atoms with Gasteiger partial charge >= 0.3 is 5.97 Å². The van der Waals surface area contributed by atoms with Gasteiger partial charge in [-0.3, -0.25) is 0 Å². The third-order valence-electron chi connectivity index (χ3n) is 6.86. The minimum absolute atomic E-state index is 0.0800. The molecule has 5 aromatic rings. The number of aromatic nitrogens is 5. The van der Waals surface area contributed by atoms with Gasteiger partial charge in [0.2, 0.25) is 0 Å². The molecule has 41 heavy (non-hydrogen) atoms. The number of tetrazole rings is 1. The van der Waals surface area contributed by atoms with Crippen molar-refractivity contribution in [2.24, 2.45) is 0 Å². The number of unbranched alkanes of at least 4 members (excludes halogenated alkanes) is 2. The average Bonchev–Trinajstić information content (AvgIpc) is 3.58. The summed E-state index contributed by atoms with van der Waals surface area (Å²) < 4.78 is 8.68. The van der Waals surface area contributed by atoms with E-state index in [2.05, 4.69) is 48.7 Å². The van der Waals surface area contributed by atoms with Gasteiger partial charge in [0.05, 0.1) is 12.6 Å². The number of hydrogen-bond acceptors (Lipinski definition) is 6. The molecule has 9 nitrogen and oxygen atoms in total. The summed E-state index contributed by atoms with van der Waals surface area (Å²) in [7, 11) is 0. The van der Waals surface area contributed by atoms with Gasteiger partial charge in [-0.25, -0.2) is 9.48 Å². The predicted octanol–water partition coefficient (Wildman–Crippen LogP) is 6.77. The normalized spacial score (nSPS) is 12.1. The van der Waals surface area contributed by atoms with E-state index in [1.54, 1.807) is 16.8 Å². The Morgan fingerprint density at radius 3 is 2.71 bits per heavy atom. The van der Waals surface area contributed by atoms with Crippen LogP contribution in [-0.4, -0.2) is 42.8 Å². The van der Waals surface area contributed by atoms with E-state index in [1.807, 2.05) is 54.6 Å². The molecule has 0 fully saturated rings. The average molecular weight is 638 g/mol. The van der Waals surface area contributed by atoms with Gasteiger partial charge in [0.25, 0.3) is 0 Å². The highest BCUT2D eigenvalue weighted by Crippen LogP contribution is 2.33. The van der Waals surface area contributed by atoms with E-state index < -0.39 is 12.0 Å². The van der Waals surface area contributed by atoms with Crippen molar-refractivity contribution in [1.29, 1.82) is 0 Å². The van der Waals surface area contributed by atoms with Gasteiger partial charge in [0.15, 0.2) is 5.82 Å². The Morgan fingerprint density at radius 2 is 1.95 bits per heavy atom. The summed E-state index contributed by atoms with van der Waals surface area (Å²) in [6, 6.07) is 20.5. The van der Waals surface area contributed by atoms with Gasteiger partial charge in [-0.15, -0.1) is 5.10 Å². The van der Waals surface area contributed by atoms with Crippen molar-refractivity contribution in [1.82, 2.24) is 30.5 Å². The number of carbonyl (C=O) groups is 1. The number of ether oxygens (including phenoxy) is 1. The van der Waals surface area contributed by atoms with Gasteiger partial charge < -0.3 is 20.1 Å². The Kier molecular flexibility index (Phi) is 9.33. The lowest BCUT2D eigenvalue weighted by Gasteiger charge is -2.19. The summed E-state index contributed by atoms with van der Waals surface area (Å²) >= 11 is 9.76. The molecule has 0 aliphatic heterocycles. The topological polar surface area (TPSA) is 118 Å². The van der Waals surface area contributed by atoms with Crippen molar-refractivity contribution in [2.45, 2.75) is 45.4 Å². The van der Waals surface area contributed by atoms with Gasteiger partial charge in [0, 0.05) is 31.5 Å². The Bertz CT molecular complexity index is 1640. The minimum atomic E-state index is -1.06. The zero-order valence-corrected chi connectivity index (χ0v) is 24.8. The molecule has 2 aromatic heterocycles. The molecule has 0 bridgehead atoms. The molecule has 0 amide bonds. The number of nitrogens with zero attached hydrogens (tertiary/aromatic N) is 4. The first-order valence-corrected chi connectivity index (χ1v) is 14.6. The van der Waals surface area contributed by atoms with Gasteiger partial charge in [0.1, 0.15) is 18.1 Å². The van der Waals surface area contributed by atoms with Crippen LogP contribution in [0.4, 0.5) is 0 Å². The van der Waals surface area contributed by atoms with Crippen molar-refractivity contribution in [3.63, 3.8) is 0 Å². The van der Waals surface area contributed by atoms with Crippen LogP contribution in [0.2, 0.25) is 5.02 Å². The molecule has 0 radical (unpaired) electrons. The molecule has 0 aliphatic rings. The second-order valence-corrected chi connectivity index (χ2v) is 11.0. The summed E-state index contributed by atoms with van der Waals surface area (Å²) in [5, 5.41) is 27.5. The fourth-order valence-corrected chi connectivity index (χ4v) is 5.35. The van der Waals surface area contributed by atoms with Crippen molar-refractivity contribution in [3.8, 4) is 5.75 Å². The number of benzene rings is 3. The summed E-state index contributed by atoms with van der Waals surface area (Å²) in [4.78, 5) is 15.4. The molecule has 0 aliphatic carbocycles. The molecule has 2 heterocycles. The molecule has 3 aromatic carbocycles. The van der Waals surface area contributed by atoms with Crippen LogP contribution in [0.3, 0.4) is 0 Å². The summed E-state index contributed by atoms with van der Waals surface area (Å²) in [5.41, 5.74) is 3.33. The fraction of sp³-hybridized carbons (Fsp3) is 0.267. The maximum Gasteiger partial charge on any atom is 0.352 e. The van der Waals surface area contributed by atoms with Crippen molar-refractivity contribution >= 4 is 44.4 Å². The van der Waals surface area contributed by atoms with Crippen LogP contribution < -0.4 is 10.1 Å². The molecular formula is C30H30BrClN6O3. The van der Waals surface area contributed by atoms with Crippen LogP contribution >= 0.6 is 27.5 Å². The van der Waals surface area contributed by atoms with E-state index >= 15 is 0 Å². The Balaban J connectivity index is 1.41. The van der Waals surface area contributed by atoms with Gasteiger partial charge in [-0.05, 0) is 59.3 Å². The number of halogens is 2. The molecule has 0 saturated heterocycles. The van der Waals surface area contributed by atoms with Crippen LogP contribution in [0, 0.1) is 0 Å². The number of carboxylic acids is 1. The Labute approximate surface area is 251 Å². The van der Waals surface area contributed by atoms with Crippen LogP contribution in [0.25, 0.3) is 10.9 Å². The zero-order valence-electron chi connectivity index (χ0n) is 22.5. The number of rotatable bonds is 13. The zero-order chi connectivity index (χ0) is 28.8. The van der Waals surface area contributed by atoms with E-state index in [0.29, 0.717) is 41.6 Å². The first kappa shape index (κ1) is 28.8. The highest BCUT2D eigenvalue weighted by Gasteiger charge is 2.29. The van der Waals surface area contributed by atoms with Crippen molar-refractivity contribution in [2.75, 3.05) is 6.54 Å². The van der Waals surface area contributed by atoms with Crippen molar-refractivity contribution in [3.05, 3.63) is 104 Å². The summed E-state index contributed by atoms with van der Waals surface area (Å²) in [5.74, 6) is 0.208. The lowest BCUT2D eigenvalue weighted by molar-refractivity contribution is 0.0689. The molecule has 0 spiro atoms. The van der Waals surface area contributed by atoms with E-state index in [9.17, 15) is 9.90 Å². The highest BCUT2D eigenvalue weighted by atomic mass is 79.9. The van der Waals surface area contributed by atoms with Crippen LogP contribution in [-0.2, 0) is 13.2 Å². The maximum absolute atomic E-state index is 12.3. The van der Waals surface area contributed by atoms with Crippen molar-refractivity contribution < 1.29 is 14.6 Å². The first-order chi connectivity index (χ1) is 19.9. The summed E-state index contributed by atoms with van der Waals surface area (Å²) in [6.07, 6.45) is 3.06. The molecular weight excluding hydrogens is 608 g/mol. The van der Waals surface area contributed by atoms with E-state index in [-0.39, 0.29) is 5.69 Å². The number of nitrogens with one attached hydrogen (secondary N) is 2. The SMILES string of the molecule is CCCCCNC(c1c(C(=O)O)[nH]c2cc(Cl)ccc12)c1nnnn1Cc1ccc(OCc2ccccc2Br)cc1. The first-order valence-electron chi connectivity index (χ1n) is 13.4. The number of aromatic amines is 1. The number of carboxylic acid groups (broad SMARTS) is 1. The van der Waals surface area contributed by atoms with Gasteiger partial charge in [-0.1, -0.05) is 83.7 Å². The second-order valence-electron chi connectivity index (χ2n) is 9.72. The number of aromatic carboxylic acids is 1. The highest BCUT2D eigenvalue weighted by molar-refractivity contribution is 9.10. The van der Waals surface area contributed by atoms with Crippen LogP contribution in [0.15, 0.2) is 71.2 Å². The van der Waals surface area contributed by atoms with E-state index in [1.165, 1.54) is 0 Å². The lowest BCUT2D eigenvalue weighted by Crippen LogP contribution is -2.28. The maximum atomic E-state index is 12.3. The minimum Gasteiger partial charge on any atom is -0.489 e. The Morgan fingerprint density at radius 1 is 1.15 bits per heavy atom. The Hall–Kier alpha value is -3.73.